The van der Waals surface area contributed by atoms with Crippen LogP contribution in [0.3, 0.4) is 0 Å². The van der Waals surface area contributed by atoms with Crippen molar-refractivity contribution in [2.24, 2.45) is 0 Å². The number of likely N-dealkylation sites (N-methyl/N-ethyl adjacent to an activating group) is 1. The molecule has 8 heteroatoms. The highest BCUT2D eigenvalue weighted by Gasteiger charge is 2.46. The lowest BCUT2D eigenvalue weighted by molar-refractivity contribution is -0.136. The van der Waals surface area contributed by atoms with Crippen LogP contribution < -0.4 is 10.6 Å². The lowest BCUT2D eigenvalue weighted by Crippen LogP contribution is -2.51. The molecule has 2 aromatic carbocycles. The van der Waals surface area contributed by atoms with Crippen LogP contribution in [0.4, 0.5) is 4.79 Å². The van der Waals surface area contributed by atoms with Crippen LogP contribution >= 0.6 is 0 Å². The second-order valence-electron chi connectivity index (χ2n) is 9.92. The Labute approximate surface area is 217 Å². The molecule has 1 fully saturated rings. The highest BCUT2D eigenvalue weighted by molar-refractivity contribution is 6.03. The summed E-state index contributed by atoms with van der Waals surface area (Å²) in [5, 5.41) is 6.06. The van der Waals surface area contributed by atoms with E-state index in [1.54, 1.807) is 9.80 Å². The van der Waals surface area contributed by atoms with Crippen LogP contribution in [-0.4, -0.2) is 66.0 Å². The molecular formula is C29H34N4O4. The van der Waals surface area contributed by atoms with Crippen LogP contribution in [-0.2, 0) is 20.7 Å². The molecule has 8 nitrogen and oxygen atoms in total. The Balaban J connectivity index is 1.46. The van der Waals surface area contributed by atoms with Gasteiger partial charge in [-0.1, -0.05) is 60.2 Å². The van der Waals surface area contributed by atoms with Gasteiger partial charge in [0.1, 0.15) is 6.04 Å². The maximum absolute atomic E-state index is 14.1. The molecule has 4 amide bonds. The molecule has 3 aliphatic rings. The minimum atomic E-state index is -0.714. The van der Waals surface area contributed by atoms with Crippen molar-refractivity contribution in [1.29, 1.82) is 0 Å². The zero-order valence-electron chi connectivity index (χ0n) is 21.4. The van der Waals surface area contributed by atoms with E-state index in [-0.39, 0.29) is 30.5 Å². The number of hydrogen-bond acceptors (Lipinski definition) is 4. The predicted octanol–water partition coefficient (Wildman–Crippen LogP) is 3.08. The molecule has 2 N–H and O–H groups in total. The van der Waals surface area contributed by atoms with Crippen molar-refractivity contribution < 1.29 is 19.1 Å². The number of benzene rings is 2. The maximum Gasteiger partial charge on any atom is 0.322 e. The number of hydrogen-bond donors (Lipinski definition) is 2. The molecular weight excluding hydrogens is 468 g/mol. The number of ether oxygens (including phenoxy) is 1. The summed E-state index contributed by atoms with van der Waals surface area (Å²) in [6, 6.07) is 16.0. The third-order valence-electron chi connectivity index (χ3n) is 7.42. The molecule has 5 rings (SSSR count). The average Bonchev–Trinajstić information content (AvgIpc) is 3.54. The van der Waals surface area contributed by atoms with Crippen molar-refractivity contribution >= 4 is 17.8 Å². The van der Waals surface area contributed by atoms with E-state index < -0.39 is 12.1 Å². The molecule has 3 atom stereocenters. The van der Waals surface area contributed by atoms with Crippen molar-refractivity contribution in [3.8, 4) is 0 Å². The van der Waals surface area contributed by atoms with Crippen LogP contribution in [0.5, 0.6) is 0 Å². The van der Waals surface area contributed by atoms with Crippen molar-refractivity contribution in [2.75, 3.05) is 26.2 Å². The fraction of sp³-hybridized carbons (Fsp3) is 0.414. The summed E-state index contributed by atoms with van der Waals surface area (Å²) in [6.07, 6.45) is 2.29. The Morgan fingerprint density at radius 2 is 1.97 bits per heavy atom. The zero-order valence-corrected chi connectivity index (χ0v) is 21.4. The molecule has 0 radical (unpaired) electrons. The van der Waals surface area contributed by atoms with E-state index >= 15 is 0 Å². The van der Waals surface area contributed by atoms with Gasteiger partial charge in [0, 0.05) is 26.1 Å². The van der Waals surface area contributed by atoms with E-state index in [9.17, 15) is 14.4 Å². The summed E-state index contributed by atoms with van der Waals surface area (Å²) in [7, 11) is 0. The van der Waals surface area contributed by atoms with Crippen molar-refractivity contribution in [2.45, 2.75) is 51.3 Å². The van der Waals surface area contributed by atoms with Crippen LogP contribution in [0, 0.1) is 6.92 Å². The lowest BCUT2D eigenvalue weighted by Gasteiger charge is -2.33. The summed E-state index contributed by atoms with van der Waals surface area (Å²) < 4.78 is 5.68. The SMILES string of the molecule is CCN1C(=O)N[C@H](c2cccc(C)c2)C2=C1CN([C@@H](Cc1ccccc1)C(=O)NC[C@@H]1CCCO1)C2=O. The van der Waals surface area contributed by atoms with Crippen LogP contribution in [0.1, 0.15) is 42.5 Å². The number of rotatable bonds is 8. The van der Waals surface area contributed by atoms with Crippen LogP contribution in [0.15, 0.2) is 65.9 Å². The van der Waals surface area contributed by atoms with E-state index in [1.807, 2.05) is 68.4 Å². The molecule has 0 saturated carbocycles. The van der Waals surface area contributed by atoms with Crippen LogP contribution in [0.25, 0.3) is 0 Å². The van der Waals surface area contributed by atoms with Gasteiger partial charge in [-0.15, -0.1) is 0 Å². The summed E-state index contributed by atoms with van der Waals surface area (Å²) >= 11 is 0. The first kappa shape index (κ1) is 25.0. The number of carbonyl (C=O) groups excluding carboxylic acids is 3. The molecule has 0 unspecified atom stereocenters. The maximum atomic E-state index is 14.1. The topological polar surface area (TPSA) is 91.0 Å². The van der Waals surface area contributed by atoms with Gasteiger partial charge >= 0.3 is 6.03 Å². The predicted molar refractivity (Wildman–Crippen MR) is 139 cm³/mol. The minimum Gasteiger partial charge on any atom is -0.376 e. The molecule has 0 aromatic heterocycles. The normalized spacial score (nSPS) is 22.2. The van der Waals surface area contributed by atoms with Gasteiger partial charge in [0.05, 0.1) is 30.0 Å². The van der Waals surface area contributed by atoms with E-state index in [2.05, 4.69) is 10.6 Å². The number of nitrogens with zero attached hydrogens (tertiary/aromatic N) is 2. The standard InChI is InChI=1S/C29H34N4O4/c1-3-32-24-18-33(28(35)25(24)26(31-29(32)36)21-12-7-9-19(2)15-21)23(16-20-10-5-4-6-11-20)27(34)30-17-22-13-8-14-37-22/h4-7,9-12,15,22-23,26H,3,8,13-14,16-18H2,1-2H3,(H,30,34)(H,31,36)/t22-,23-,26+/m0/s1. The Bertz CT molecular complexity index is 1210. The Hall–Kier alpha value is -3.65. The van der Waals surface area contributed by atoms with Crippen molar-refractivity contribution in [1.82, 2.24) is 20.4 Å². The fourth-order valence-corrected chi connectivity index (χ4v) is 5.52. The number of urea groups is 1. The van der Waals surface area contributed by atoms with E-state index in [0.717, 1.165) is 29.5 Å². The molecule has 3 heterocycles. The van der Waals surface area contributed by atoms with Crippen LogP contribution in [0.2, 0.25) is 0 Å². The van der Waals surface area contributed by atoms with Gasteiger partial charge < -0.3 is 20.3 Å². The number of nitrogens with one attached hydrogen (secondary N) is 2. The first-order chi connectivity index (χ1) is 18.0. The van der Waals surface area contributed by atoms with Gasteiger partial charge in [-0.2, -0.15) is 0 Å². The minimum absolute atomic E-state index is 0.00467. The fourth-order valence-electron chi connectivity index (χ4n) is 5.52. The summed E-state index contributed by atoms with van der Waals surface area (Å²) in [5.41, 5.74) is 4.08. The molecule has 0 spiro atoms. The first-order valence-corrected chi connectivity index (χ1v) is 13.1. The van der Waals surface area contributed by atoms with Gasteiger partial charge in [-0.05, 0) is 37.8 Å². The lowest BCUT2D eigenvalue weighted by atomic mass is 9.94. The molecule has 3 aliphatic heterocycles. The van der Waals surface area contributed by atoms with Crippen molar-refractivity contribution in [3.05, 3.63) is 82.6 Å². The van der Waals surface area contributed by atoms with Gasteiger partial charge in [-0.3, -0.25) is 14.5 Å². The van der Waals surface area contributed by atoms with Crippen molar-refractivity contribution in [3.63, 3.8) is 0 Å². The third kappa shape index (κ3) is 5.11. The Morgan fingerprint density at radius 1 is 1.16 bits per heavy atom. The summed E-state index contributed by atoms with van der Waals surface area (Å²) in [4.78, 5) is 43.9. The summed E-state index contributed by atoms with van der Waals surface area (Å²) in [5.74, 6) is -0.421. The smallest absolute Gasteiger partial charge is 0.322 e. The van der Waals surface area contributed by atoms with E-state index in [0.29, 0.717) is 37.4 Å². The quantitative estimate of drug-likeness (QED) is 0.581. The Kier molecular flexibility index (Phi) is 7.28. The molecule has 0 aliphatic carbocycles. The summed E-state index contributed by atoms with van der Waals surface area (Å²) in [6.45, 7) is 5.65. The van der Waals surface area contributed by atoms with Gasteiger partial charge in [-0.25, -0.2) is 4.79 Å². The number of amides is 4. The Morgan fingerprint density at radius 3 is 2.68 bits per heavy atom. The largest absolute Gasteiger partial charge is 0.376 e. The van der Waals surface area contributed by atoms with Gasteiger partial charge in [0.2, 0.25) is 5.91 Å². The second kappa shape index (κ2) is 10.8. The van der Waals surface area contributed by atoms with E-state index in [1.165, 1.54) is 0 Å². The third-order valence-corrected chi connectivity index (χ3v) is 7.42. The average molecular weight is 503 g/mol. The highest BCUT2D eigenvalue weighted by atomic mass is 16.5. The molecule has 1 saturated heterocycles. The zero-order chi connectivity index (χ0) is 25.9. The van der Waals surface area contributed by atoms with Gasteiger partial charge in [0.25, 0.3) is 5.91 Å². The van der Waals surface area contributed by atoms with Gasteiger partial charge in [0.15, 0.2) is 0 Å². The molecule has 37 heavy (non-hydrogen) atoms. The monoisotopic (exact) mass is 502 g/mol. The number of carbonyl (C=O) groups is 3. The second-order valence-corrected chi connectivity index (χ2v) is 9.92. The number of aryl methyl sites for hydroxylation is 1. The molecule has 0 bridgehead atoms. The first-order valence-electron chi connectivity index (χ1n) is 13.1. The van der Waals surface area contributed by atoms with E-state index in [4.69, 9.17) is 4.74 Å². The highest BCUT2D eigenvalue weighted by Crippen LogP contribution is 2.37. The molecule has 194 valence electrons. The molecule has 2 aromatic rings.